The van der Waals surface area contributed by atoms with E-state index in [9.17, 15) is 18.9 Å². The van der Waals surface area contributed by atoms with Gasteiger partial charge in [-0.05, 0) is 30.7 Å². The summed E-state index contributed by atoms with van der Waals surface area (Å²) in [5.74, 6) is -1.58. The second-order valence-electron chi connectivity index (χ2n) is 6.18. The first-order valence-electron chi connectivity index (χ1n) is 7.87. The molecule has 2 atom stereocenters. The summed E-state index contributed by atoms with van der Waals surface area (Å²) in [5.41, 5.74) is 1.63. The predicted molar refractivity (Wildman–Crippen MR) is 90.8 cm³/mol. The second-order valence-corrected chi connectivity index (χ2v) is 8.19. The van der Waals surface area contributed by atoms with Crippen LogP contribution in [0.15, 0.2) is 41.3 Å². The van der Waals surface area contributed by atoms with E-state index in [-0.39, 0.29) is 11.0 Å². The van der Waals surface area contributed by atoms with E-state index in [1.54, 1.807) is 41.0 Å². The standard InChI is InChI=1S/C18H19NO4S/c1-11(2)24(23)13-5-3-4-12(10-13)17(20)16-7-6-15-14(18(21)22)8-9-19(15)16/h3-7,10-11,14H,8-9H2,1-2H3,(H,21,22). The quantitative estimate of drug-likeness (QED) is 0.846. The van der Waals surface area contributed by atoms with Gasteiger partial charge in [-0.3, -0.25) is 13.8 Å². The molecule has 24 heavy (non-hydrogen) atoms. The number of benzene rings is 1. The van der Waals surface area contributed by atoms with E-state index in [1.807, 2.05) is 13.8 Å². The highest BCUT2D eigenvalue weighted by Crippen LogP contribution is 2.31. The van der Waals surface area contributed by atoms with Crippen molar-refractivity contribution in [3.63, 3.8) is 0 Å². The Morgan fingerprint density at radius 1 is 1.25 bits per heavy atom. The summed E-state index contributed by atoms with van der Waals surface area (Å²) in [4.78, 5) is 24.7. The maximum Gasteiger partial charge on any atom is 0.312 e. The molecule has 0 amide bonds. The van der Waals surface area contributed by atoms with Crippen LogP contribution in [0.3, 0.4) is 0 Å². The molecule has 0 bridgehead atoms. The molecular formula is C18H19NO4S. The molecule has 2 aromatic rings. The Hall–Kier alpha value is -2.21. The molecule has 6 heteroatoms. The number of carboxylic acids is 1. The van der Waals surface area contributed by atoms with E-state index in [1.165, 1.54) is 0 Å². The molecular weight excluding hydrogens is 326 g/mol. The van der Waals surface area contributed by atoms with Gasteiger partial charge in [-0.1, -0.05) is 26.0 Å². The summed E-state index contributed by atoms with van der Waals surface area (Å²) < 4.78 is 14.0. The first-order valence-corrected chi connectivity index (χ1v) is 9.09. The van der Waals surface area contributed by atoms with Gasteiger partial charge in [0.25, 0.3) is 0 Å². The molecule has 1 aliphatic rings. The maximum absolute atomic E-state index is 12.8. The number of carbonyl (C=O) groups is 2. The van der Waals surface area contributed by atoms with Crippen LogP contribution in [0.4, 0.5) is 0 Å². The zero-order valence-corrected chi connectivity index (χ0v) is 14.4. The van der Waals surface area contributed by atoms with E-state index in [0.717, 1.165) is 0 Å². The number of nitrogens with zero attached hydrogens (tertiary/aromatic N) is 1. The third kappa shape index (κ3) is 2.82. The van der Waals surface area contributed by atoms with E-state index in [2.05, 4.69) is 0 Å². The maximum atomic E-state index is 12.8. The van der Waals surface area contributed by atoms with Crippen molar-refractivity contribution < 1.29 is 18.9 Å². The molecule has 3 rings (SSSR count). The number of carbonyl (C=O) groups excluding carboxylic acids is 1. The lowest BCUT2D eigenvalue weighted by Crippen LogP contribution is -2.11. The Balaban J connectivity index is 1.94. The molecule has 0 aliphatic carbocycles. The lowest BCUT2D eigenvalue weighted by Gasteiger charge is -2.09. The van der Waals surface area contributed by atoms with Gasteiger partial charge < -0.3 is 9.67 Å². The summed E-state index contributed by atoms with van der Waals surface area (Å²) in [6.07, 6.45) is 0.503. The van der Waals surface area contributed by atoms with Gasteiger partial charge in [0.1, 0.15) is 0 Å². The minimum absolute atomic E-state index is 0.0239. The van der Waals surface area contributed by atoms with Crippen molar-refractivity contribution in [2.45, 2.75) is 42.9 Å². The number of rotatable bonds is 5. The third-order valence-electron chi connectivity index (χ3n) is 4.30. The Kier molecular flexibility index (Phi) is 4.41. The van der Waals surface area contributed by atoms with Crippen molar-refractivity contribution in [2.24, 2.45) is 0 Å². The summed E-state index contributed by atoms with van der Waals surface area (Å²) in [5, 5.41) is 9.22. The molecule has 5 nitrogen and oxygen atoms in total. The van der Waals surface area contributed by atoms with Gasteiger partial charge in [-0.2, -0.15) is 0 Å². The fourth-order valence-corrected chi connectivity index (χ4v) is 4.07. The molecule has 1 aromatic heterocycles. The highest BCUT2D eigenvalue weighted by Gasteiger charge is 2.31. The first kappa shape index (κ1) is 16.6. The summed E-state index contributed by atoms with van der Waals surface area (Å²) in [6, 6.07) is 10.3. The van der Waals surface area contributed by atoms with Crippen LogP contribution in [0.25, 0.3) is 0 Å². The minimum atomic E-state index is -1.16. The number of hydrogen-bond acceptors (Lipinski definition) is 3. The number of aliphatic carboxylic acids is 1. The number of aromatic nitrogens is 1. The third-order valence-corrected chi connectivity index (χ3v) is 5.88. The number of hydrogen-bond donors (Lipinski definition) is 1. The van der Waals surface area contributed by atoms with Crippen molar-refractivity contribution >= 4 is 22.6 Å². The molecule has 1 N–H and O–H groups in total. The monoisotopic (exact) mass is 345 g/mol. The minimum Gasteiger partial charge on any atom is -0.481 e. The molecule has 0 radical (unpaired) electrons. The van der Waals surface area contributed by atoms with Crippen LogP contribution in [0.5, 0.6) is 0 Å². The first-order chi connectivity index (χ1) is 11.4. The van der Waals surface area contributed by atoms with Crippen LogP contribution < -0.4 is 0 Å². The van der Waals surface area contributed by atoms with Crippen LogP contribution in [0.2, 0.25) is 0 Å². The average molecular weight is 345 g/mol. The predicted octanol–water partition coefficient (Wildman–Crippen LogP) is 2.81. The highest BCUT2D eigenvalue weighted by atomic mass is 32.2. The van der Waals surface area contributed by atoms with Gasteiger partial charge in [0.2, 0.25) is 5.78 Å². The SMILES string of the molecule is CC(C)S(=O)c1cccc(C(=O)c2ccc3n2CCC3C(=O)O)c1. The van der Waals surface area contributed by atoms with Gasteiger partial charge in [0, 0.05) is 27.9 Å². The smallest absolute Gasteiger partial charge is 0.312 e. The van der Waals surface area contributed by atoms with Gasteiger partial charge in [-0.15, -0.1) is 0 Å². The van der Waals surface area contributed by atoms with Crippen molar-refractivity contribution in [2.75, 3.05) is 0 Å². The molecule has 0 saturated heterocycles. The Labute approximate surface area is 142 Å². The van der Waals surface area contributed by atoms with Crippen LogP contribution in [0.1, 0.15) is 47.9 Å². The summed E-state index contributed by atoms with van der Waals surface area (Å²) >= 11 is 0. The molecule has 126 valence electrons. The number of ketones is 1. The molecule has 0 spiro atoms. The number of carboxylic acid groups (broad SMARTS) is 1. The Morgan fingerprint density at radius 3 is 2.67 bits per heavy atom. The van der Waals surface area contributed by atoms with E-state index < -0.39 is 22.7 Å². The van der Waals surface area contributed by atoms with Crippen molar-refractivity contribution in [1.82, 2.24) is 4.57 Å². The van der Waals surface area contributed by atoms with Gasteiger partial charge in [0.15, 0.2) is 0 Å². The lowest BCUT2D eigenvalue weighted by atomic mass is 10.1. The van der Waals surface area contributed by atoms with Crippen LogP contribution in [-0.4, -0.2) is 30.9 Å². The van der Waals surface area contributed by atoms with Crippen molar-refractivity contribution in [3.8, 4) is 0 Å². The zero-order chi connectivity index (χ0) is 17.4. The van der Waals surface area contributed by atoms with E-state index >= 15 is 0 Å². The summed E-state index contributed by atoms with van der Waals surface area (Å²) in [7, 11) is -1.16. The second kappa shape index (κ2) is 6.36. The van der Waals surface area contributed by atoms with Crippen molar-refractivity contribution in [3.05, 3.63) is 53.3 Å². The molecule has 2 heterocycles. The fraction of sp³-hybridized carbons (Fsp3) is 0.333. The molecule has 0 fully saturated rings. The zero-order valence-electron chi connectivity index (χ0n) is 13.6. The van der Waals surface area contributed by atoms with E-state index in [0.29, 0.717) is 34.8 Å². The van der Waals surface area contributed by atoms with Gasteiger partial charge in [0.05, 0.1) is 22.4 Å². The Morgan fingerprint density at radius 2 is 2.00 bits per heavy atom. The van der Waals surface area contributed by atoms with Crippen LogP contribution in [0, 0.1) is 0 Å². The van der Waals surface area contributed by atoms with Gasteiger partial charge in [-0.25, -0.2) is 0 Å². The molecule has 0 saturated carbocycles. The fourth-order valence-electron chi connectivity index (χ4n) is 3.07. The molecule has 2 unspecified atom stereocenters. The Bertz CT molecular complexity index is 837. The summed E-state index contributed by atoms with van der Waals surface area (Å²) in [6.45, 7) is 4.27. The van der Waals surface area contributed by atoms with E-state index in [4.69, 9.17) is 0 Å². The largest absolute Gasteiger partial charge is 0.481 e. The number of fused-ring (bicyclic) bond motifs is 1. The van der Waals surface area contributed by atoms with Crippen LogP contribution in [-0.2, 0) is 22.1 Å². The topological polar surface area (TPSA) is 76.4 Å². The molecule has 1 aliphatic heterocycles. The molecule has 1 aromatic carbocycles. The average Bonchev–Trinajstić information content (AvgIpc) is 3.14. The lowest BCUT2D eigenvalue weighted by molar-refractivity contribution is -0.138. The van der Waals surface area contributed by atoms with Crippen molar-refractivity contribution in [1.29, 1.82) is 0 Å². The van der Waals surface area contributed by atoms with Crippen LogP contribution >= 0.6 is 0 Å². The highest BCUT2D eigenvalue weighted by molar-refractivity contribution is 7.85. The normalized spacial score (nSPS) is 17.7. The van der Waals surface area contributed by atoms with Gasteiger partial charge >= 0.3 is 5.97 Å².